The number of hydrogen-bond acceptors (Lipinski definition) is 4. The van der Waals surface area contributed by atoms with Crippen LogP contribution in [0, 0.1) is 17.8 Å². The molecule has 3 aliphatic rings. The molecule has 32 heavy (non-hydrogen) atoms. The Morgan fingerprint density at radius 1 is 1.12 bits per heavy atom. The van der Waals surface area contributed by atoms with Crippen LogP contribution in [0.5, 0.6) is 5.75 Å². The minimum absolute atomic E-state index is 0.00814. The van der Waals surface area contributed by atoms with Crippen LogP contribution in [0.1, 0.15) is 83.1 Å². The summed E-state index contributed by atoms with van der Waals surface area (Å²) in [5.74, 6) is 1.95. The summed E-state index contributed by atoms with van der Waals surface area (Å²) in [5, 5.41) is 18.9. The number of fused-ring (bicyclic) bond motifs is 2. The molecule has 0 radical (unpaired) electrons. The van der Waals surface area contributed by atoms with Crippen LogP contribution in [0.4, 0.5) is 0 Å². The van der Waals surface area contributed by atoms with Crippen LogP contribution in [0.15, 0.2) is 24.3 Å². The van der Waals surface area contributed by atoms with Gasteiger partial charge in [-0.1, -0.05) is 37.8 Å². The zero-order valence-electron chi connectivity index (χ0n) is 19.5. The lowest BCUT2D eigenvalue weighted by Gasteiger charge is -2.30. The molecule has 1 aromatic rings. The van der Waals surface area contributed by atoms with Gasteiger partial charge in [-0.05, 0) is 87.3 Å². The summed E-state index contributed by atoms with van der Waals surface area (Å²) in [5.41, 5.74) is 1.25. The van der Waals surface area contributed by atoms with Crippen molar-refractivity contribution in [3.63, 3.8) is 0 Å². The zero-order chi connectivity index (χ0) is 22.5. The first kappa shape index (κ1) is 23.6. The Hall–Kier alpha value is -1.59. The Labute approximate surface area is 192 Å². The van der Waals surface area contributed by atoms with Crippen molar-refractivity contribution >= 4 is 5.97 Å². The normalized spacial score (nSPS) is 32.7. The van der Waals surface area contributed by atoms with Crippen LogP contribution in [0.2, 0.25) is 0 Å². The van der Waals surface area contributed by atoms with E-state index in [-0.39, 0.29) is 18.6 Å². The van der Waals surface area contributed by atoms with Gasteiger partial charge in [-0.2, -0.15) is 0 Å². The van der Waals surface area contributed by atoms with Gasteiger partial charge in [0.15, 0.2) is 0 Å². The Balaban J connectivity index is 1.27. The van der Waals surface area contributed by atoms with Crippen molar-refractivity contribution in [3.8, 4) is 5.75 Å². The highest BCUT2D eigenvalue weighted by atomic mass is 16.5. The number of aryl methyl sites for hydroxylation is 1. The Bertz CT molecular complexity index is 749. The highest BCUT2D eigenvalue weighted by Gasteiger charge is 2.47. The van der Waals surface area contributed by atoms with Gasteiger partial charge in [0, 0.05) is 0 Å². The molecule has 1 aromatic carbocycles. The number of carboxylic acid groups (broad SMARTS) is 1. The number of carbonyl (C=O) groups is 1. The fraction of sp³-hybridized carbons (Fsp3) is 0.741. The second-order valence-electron chi connectivity index (χ2n) is 10.4. The second-order valence-corrected chi connectivity index (χ2v) is 10.4. The molecule has 3 fully saturated rings. The summed E-state index contributed by atoms with van der Waals surface area (Å²) in [7, 11) is 0. The van der Waals surface area contributed by atoms with E-state index < -0.39 is 5.97 Å². The highest BCUT2D eigenvalue weighted by Crippen LogP contribution is 2.47. The number of hydrogen-bond donors (Lipinski definition) is 2. The standard InChI is InChI=1S/C27H40O5/c1-18(15-27(29)30)31-22-9-3-6-20(17-22)11-12-24-23(25-13-14-26(24)32-25)10-4-7-19-5-2-8-21(28)16-19/h3,6,9,17-19,21,23-26,28H,2,4-5,7-8,10-16H2,1H3,(H,29,30)/t18-,19?,21?,23?,24+,25-,26+/m1/s1. The van der Waals surface area contributed by atoms with Crippen molar-refractivity contribution in [3.05, 3.63) is 29.8 Å². The molecular weight excluding hydrogens is 404 g/mol. The molecule has 2 N–H and O–H groups in total. The first-order chi connectivity index (χ1) is 15.5. The first-order valence-electron chi connectivity index (χ1n) is 12.8. The second kappa shape index (κ2) is 11.0. The van der Waals surface area contributed by atoms with Crippen LogP contribution < -0.4 is 4.74 Å². The van der Waals surface area contributed by atoms with Crippen LogP contribution >= 0.6 is 0 Å². The predicted molar refractivity (Wildman–Crippen MR) is 124 cm³/mol. The number of aliphatic hydroxyl groups is 1. The van der Waals surface area contributed by atoms with E-state index in [4.69, 9.17) is 14.6 Å². The van der Waals surface area contributed by atoms with Crippen LogP contribution in [-0.2, 0) is 16.0 Å². The van der Waals surface area contributed by atoms with E-state index in [0.717, 1.165) is 31.4 Å². The molecule has 5 heteroatoms. The number of aliphatic carboxylic acids is 1. The van der Waals surface area contributed by atoms with Crippen molar-refractivity contribution in [1.82, 2.24) is 0 Å². The average molecular weight is 445 g/mol. The van der Waals surface area contributed by atoms with Gasteiger partial charge >= 0.3 is 5.97 Å². The van der Waals surface area contributed by atoms with Gasteiger partial charge in [-0.3, -0.25) is 4.79 Å². The maximum absolute atomic E-state index is 10.9. The number of rotatable bonds is 11. The Morgan fingerprint density at radius 2 is 1.91 bits per heavy atom. The van der Waals surface area contributed by atoms with Gasteiger partial charge in [0.1, 0.15) is 11.9 Å². The average Bonchev–Trinajstić information content (AvgIpc) is 3.34. The fourth-order valence-electron chi connectivity index (χ4n) is 6.47. The van der Waals surface area contributed by atoms with E-state index in [2.05, 4.69) is 12.1 Å². The molecule has 178 valence electrons. The Kier molecular flexibility index (Phi) is 8.12. The third kappa shape index (κ3) is 6.26. The van der Waals surface area contributed by atoms with Crippen LogP contribution in [-0.4, -0.2) is 40.6 Å². The number of aliphatic hydroxyl groups excluding tert-OH is 1. The molecule has 1 aliphatic carbocycles. The summed E-state index contributed by atoms with van der Waals surface area (Å²) in [4.78, 5) is 10.9. The van der Waals surface area contributed by atoms with Gasteiger partial charge in [0.2, 0.25) is 0 Å². The molecule has 2 bridgehead atoms. The monoisotopic (exact) mass is 444 g/mol. The zero-order valence-corrected chi connectivity index (χ0v) is 19.5. The largest absolute Gasteiger partial charge is 0.490 e. The lowest BCUT2D eigenvalue weighted by molar-refractivity contribution is -0.138. The quantitative estimate of drug-likeness (QED) is 0.479. The van der Waals surface area contributed by atoms with E-state index in [0.29, 0.717) is 30.0 Å². The van der Waals surface area contributed by atoms with Crippen molar-refractivity contribution in [2.24, 2.45) is 17.8 Å². The van der Waals surface area contributed by atoms with E-state index in [9.17, 15) is 9.90 Å². The third-order valence-corrected chi connectivity index (χ3v) is 7.96. The molecule has 2 heterocycles. The smallest absolute Gasteiger partial charge is 0.307 e. The number of ether oxygens (including phenoxy) is 2. The van der Waals surface area contributed by atoms with E-state index in [1.807, 2.05) is 12.1 Å². The number of benzene rings is 1. The molecule has 4 rings (SSSR count). The summed E-state index contributed by atoms with van der Waals surface area (Å²) >= 11 is 0. The first-order valence-corrected chi connectivity index (χ1v) is 12.8. The molecule has 2 saturated heterocycles. The minimum atomic E-state index is -0.837. The molecule has 0 aromatic heterocycles. The fourth-order valence-corrected chi connectivity index (χ4v) is 6.47. The molecule has 0 amide bonds. The molecule has 3 unspecified atom stereocenters. The maximum atomic E-state index is 10.9. The summed E-state index contributed by atoms with van der Waals surface area (Å²) in [6, 6.07) is 8.13. The van der Waals surface area contributed by atoms with Gasteiger partial charge < -0.3 is 19.7 Å². The van der Waals surface area contributed by atoms with Crippen LogP contribution in [0.25, 0.3) is 0 Å². The van der Waals surface area contributed by atoms with Gasteiger partial charge in [-0.15, -0.1) is 0 Å². The topological polar surface area (TPSA) is 76.0 Å². The van der Waals surface area contributed by atoms with Gasteiger partial charge in [0.25, 0.3) is 0 Å². The molecule has 7 atom stereocenters. The molecule has 2 aliphatic heterocycles. The highest BCUT2D eigenvalue weighted by molar-refractivity contribution is 5.67. The molecular formula is C27H40O5. The molecule has 5 nitrogen and oxygen atoms in total. The van der Waals surface area contributed by atoms with Gasteiger partial charge in [-0.25, -0.2) is 0 Å². The van der Waals surface area contributed by atoms with Crippen molar-refractivity contribution in [1.29, 1.82) is 0 Å². The molecule has 0 spiro atoms. The van der Waals surface area contributed by atoms with Crippen molar-refractivity contribution in [2.75, 3.05) is 0 Å². The van der Waals surface area contributed by atoms with Gasteiger partial charge in [0.05, 0.1) is 24.7 Å². The summed E-state index contributed by atoms with van der Waals surface area (Å²) in [6.45, 7) is 1.80. The molecule has 1 saturated carbocycles. The van der Waals surface area contributed by atoms with E-state index >= 15 is 0 Å². The van der Waals surface area contributed by atoms with E-state index in [1.165, 1.54) is 50.5 Å². The Morgan fingerprint density at radius 3 is 2.66 bits per heavy atom. The lowest BCUT2D eigenvalue weighted by Crippen LogP contribution is -2.28. The van der Waals surface area contributed by atoms with Crippen LogP contribution in [0.3, 0.4) is 0 Å². The van der Waals surface area contributed by atoms with E-state index in [1.54, 1.807) is 6.92 Å². The minimum Gasteiger partial charge on any atom is -0.490 e. The summed E-state index contributed by atoms with van der Waals surface area (Å²) in [6.07, 6.45) is 13.3. The number of carboxylic acids is 1. The third-order valence-electron chi connectivity index (χ3n) is 7.96. The lowest BCUT2D eigenvalue weighted by atomic mass is 9.73. The summed E-state index contributed by atoms with van der Waals surface area (Å²) < 4.78 is 12.1. The van der Waals surface area contributed by atoms with Crippen molar-refractivity contribution < 1.29 is 24.5 Å². The maximum Gasteiger partial charge on any atom is 0.307 e. The van der Waals surface area contributed by atoms with Crippen molar-refractivity contribution in [2.45, 2.75) is 108 Å². The predicted octanol–water partition coefficient (Wildman–Crippen LogP) is 5.38. The SMILES string of the molecule is C[C@H](CC(=O)O)Oc1cccc(CC[C@H]2C(CCCC3CCCC(O)C3)[C@H]3CC[C@@H]2O3)c1.